The summed E-state index contributed by atoms with van der Waals surface area (Å²) in [5.74, 6) is 0.247. The minimum atomic E-state index is 0.247. The Balaban J connectivity index is 1.29. The van der Waals surface area contributed by atoms with E-state index in [0.717, 1.165) is 69.9 Å². The summed E-state index contributed by atoms with van der Waals surface area (Å²) in [5, 5.41) is 8.38. The molecule has 7 heteroatoms. The van der Waals surface area contributed by atoms with Crippen LogP contribution in [0.15, 0.2) is 24.4 Å². The molecule has 0 unspecified atom stereocenters. The Morgan fingerprint density at radius 1 is 1.08 bits per heavy atom. The zero-order valence-electron chi connectivity index (χ0n) is 14.5. The number of benzene rings is 1. The second kappa shape index (κ2) is 7.51. The highest BCUT2D eigenvalue weighted by Gasteiger charge is 2.23. The van der Waals surface area contributed by atoms with Gasteiger partial charge in [0.2, 0.25) is 5.91 Å². The average molecular weight is 343 g/mol. The molecule has 1 aromatic heterocycles. The van der Waals surface area contributed by atoms with Gasteiger partial charge in [0.15, 0.2) is 0 Å². The second-order valence-corrected chi connectivity index (χ2v) is 6.80. The number of H-pyrrole nitrogens is 1. The van der Waals surface area contributed by atoms with Crippen LogP contribution >= 0.6 is 0 Å². The number of nitrogens with zero attached hydrogens (tertiary/aromatic N) is 4. The van der Waals surface area contributed by atoms with Crippen molar-refractivity contribution in [1.82, 2.24) is 24.9 Å². The van der Waals surface area contributed by atoms with Gasteiger partial charge in [-0.3, -0.25) is 19.7 Å². The molecule has 0 atom stereocenters. The van der Waals surface area contributed by atoms with Crippen LogP contribution in [0.25, 0.3) is 10.9 Å². The predicted molar refractivity (Wildman–Crippen MR) is 95.2 cm³/mol. The van der Waals surface area contributed by atoms with E-state index in [1.54, 1.807) is 0 Å². The zero-order valence-corrected chi connectivity index (χ0v) is 14.5. The van der Waals surface area contributed by atoms with E-state index >= 15 is 0 Å². The second-order valence-electron chi connectivity index (χ2n) is 6.80. The molecule has 1 N–H and O–H groups in total. The fraction of sp³-hybridized carbons (Fsp3) is 0.556. The van der Waals surface area contributed by atoms with Crippen molar-refractivity contribution in [3.05, 3.63) is 30.0 Å². The normalized spacial score (nSPS) is 20.2. The summed E-state index contributed by atoms with van der Waals surface area (Å²) in [5.41, 5.74) is 2.39. The molecule has 0 bridgehead atoms. The Kier molecular flexibility index (Phi) is 4.96. The van der Waals surface area contributed by atoms with Crippen molar-refractivity contribution in [1.29, 1.82) is 0 Å². The molecular weight excluding hydrogens is 318 g/mol. The van der Waals surface area contributed by atoms with Gasteiger partial charge in [0.1, 0.15) is 0 Å². The Morgan fingerprint density at radius 3 is 2.68 bits per heavy atom. The van der Waals surface area contributed by atoms with Crippen LogP contribution < -0.4 is 0 Å². The van der Waals surface area contributed by atoms with Crippen molar-refractivity contribution >= 4 is 16.8 Å². The lowest BCUT2D eigenvalue weighted by atomic mass is 10.1. The number of rotatable bonds is 4. The van der Waals surface area contributed by atoms with Gasteiger partial charge in [-0.2, -0.15) is 5.10 Å². The summed E-state index contributed by atoms with van der Waals surface area (Å²) < 4.78 is 5.34. The van der Waals surface area contributed by atoms with E-state index in [0.29, 0.717) is 6.54 Å². The van der Waals surface area contributed by atoms with Gasteiger partial charge in [-0.1, -0.05) is 18.2 Å². The van der Waals surface area contributed by atoms with Crippen molar-refractivity contribution in [2.24, 2.45) is 0 Å². The molecule has 1 amide bonds. The van der Waals surface area contributed by atoms with E-state index in [4.69, 9.17) is 4.74 Å². The Hall–Kier alpha value is -1.96. The molecule has 3 heterocycles. The van der Waals surface area contributed by atoms with Crippen LogP contribution in [-0.4, -0.2) is 89.8 Å². The highest BCUT2D eigenvalue weighted by Crippen LogP contribution is 2.18. The molecule has 25 heavy (non-hydrogen) atoms. The summed E-state index contributed by atoms with van der Waals surface area (Å²) in [7, 11) is 0. The van der Waals surface area contributed by atoms with E-state index in [-0.39, 0.29) is 5.91 Å². The topological polar surface area (TPSA) is 64.7 Å². The maximum absolute atomic E-state index is 12.5. The molecule has 0 saturated carbocycles. The molecule has 2 saturated heterocycles. The van der Waals surface area contributed by atoms with E-state index in [9.17, 15) is 4.79 Å². The number of nitrogens with one attached hydrogen (secondary N) is 1. The largest absolute Gasteiger partial charge is 0.379 e. The van der Waals surface area contributed by atoms with Crippen molar-refractivity contribution in [3.8, 4) is 0 Å². The lowest BCUT2D eigenvalue weighted by molar-refractivity contribution is -0.135. The van der Waals surface area contributed by atoms with Crippen molar-refractivity contribution in [2.75, 3.05) is 59.0 Å². The number of piperazine rings is 1. The third-order valence-electron chi connectivity index (χ3n) is 5.14. The van der Waals surface area contributed by atoms with Crippen LogP contribution in [0.4, 0.5) is 0 Å². The summed E-state index contributed by atoms with van der Waals surface area (Å²) in [6.45, 7) is 8.06. The fourth-order valence-electron chi connectivity index (χ4n) is 3.61. The molecule has 134 valence electrons. The molecule has 0 aliphatic carbocycles. The number of carbonyl (C=O) groups is 1. The first-order valence-electron chi connectivity index (χ1n) is 9.01. The third-order valence-corrected chi connectivity index (χ3v) is 5.14. The van der Waals surface area contributed by atoms with Crippen molar-refractivity contribution in [3.63, 3.8) is 0 Å². The quantitative estimate of drug-likeness (QED) is 0.878. The van der Waals surface area contributed by atoms with Crippen LogP contribution in [0.1, 0.15) is 5.56 Å². The number of morpholine rings is 1. The third kappa shape index (κ3) is 3.84. The highest BCUT2D eigenvalue weighted by atomic mass is 16.5. The van der Waals surface area contributed by atoms with Gasteiger partial charge < -0.3 is 9.64 Å². The molecule has 0 radical (unpaired) electrons. The summed E-state index contributed by atoms with van der Waals surface area (Å²) >= 11 is 0. The summed E-state index contributed by atoms with van der Waals surface area (Å²) in [4.78, 5) is 19.1. The standard InChI is InChI=1S/C18H25N5O2/c24-17(14-22-8-10-25-11-9-22)23-6-4-21(5-7-23)13-16-3-1-2-15-12-19-20-18(15)16/h1-3,12H,4-11,13-14H2,(H,19,20). The van der Waals surface area contributed by atoms with Gasteiger partial charge in [-0.05, 0) is 5.56 Å². The average Bonchev–Trinajstić information content (AvgIpc) is 3.13. The lowest BCUT2D eigenvalue weighted by Crippen LogP contribution is -2.52. The van der Waals surface area contributed by atoms with Crippen LogP contribution in [0.5, 0.6) is 0 Å². The monoisotopic (exact) mass is 343 g/mol. The first-order chi connectivity index (χ1) is 12.3. The minimum Gasteiger partial charge on any atom is -0.379 e. The Morgan fingerprint density at radius 2 is 1.88 bits per heavy atom. The summed E-state index contributed by atoms with van der Waals surface area (Å²) in [6, 6.07) is 6.30. The number of fused-ring (bicyclic) bond motifs is 1. The maximum atomic E-state index is 12.5. The fourth-order valence-corrected chi connectivity index (χ4v) is 3.61. The highest BCUT2D eigenvalue weighted by molar-refractivity contribution is 5.81. The van der Waals surface area contributed by atoms with E-state index in [2.05, 4.69) is 38.2 Å². The Bertz CT molecular complexity index is 717. The number of para-hydroxylation sites is 1. The number of amides is 1. The van der Waals surface area contributed by atoms with E-state index in [1.165, 1.54) is 5.56 Å². The predicted octanol–water partition coefficient (Wildman–Crippen LogP) is 0.539. The number of aromatic nitrogens is 2. The molecule has 2 fully saturated rings. The molecule has 2 aromatic rings. The SMILES string of the molecule is O=C(CN1CCOCC1)N1CCN(Cc2cccc3cn[nH]c23)CC1. The first kappa shape index (κ1) is 16.5. The number of carbonyl (C=O) groups excluding carboxylic acids is 1. The number of ether oxygens (including phenoxy) is 1. The number of aromatic amines is 1. The number of hydrogen-bond donors (Lipinski definition) is 1. The van der Waals surface area contributed by atoms with E-state index in [1.807, 2.05) is 11.1 Å². The van der Waals surface area contributed by atoms with Gasteiger partial charge in [0.25, 0.3) is 0 Å². The minimum absolute atomic E-state index is 0.247. The molecule has 2 aliphatic heterocycles. The van der Waals surface area contributed by atoms with Crippen molar-refractivity contribution < 1.29 is 9.53 Å². The van der Waals surface area contributed by atoms with Crippen LogP contribution in [-0.2, 0) is 16.1 Å². The van der Waals surface area contributed by atoms with Crippen LogP contribution in [0.2, 0.25) is 0 Å². The van der Waals surface area contributed by atoms with Gasteiger partial charge >= 0.3 is 0 Å². The van der Waals surface area contributed by atoms with Gasteiger partial charge in [-0.15, -0.1) is 0 Å². The van der Waals surface area contributed by atoms with Gasteiger partial charge in [0, 0.05) is 51.2 Å². The van der Waals surface area contributed by atoms with E-state index < -0.39 is 0 Å². The molecule has 0 spiro atoms. The van der Waals surface area contributed by atoms with Crippen molar-refractivity contribution in [2.45, 2.75) is 6.54 Å². The Labute approximate surface area is 147 Å². The number of hydrogen-bond acceptors (Lipinski definition) is 5. The molecule has 2 aliphatic rings. The molecular formula is C18H25N5O2. The maximum Gasteiger partial charge on any atom is 0.236 e. The molecule has 1 aromatic carbocycles. The van der Waals surface area contributed by atoms with Crippen LogP contribution in [0.3, 0.4) is 0 Å². The first-order valence-corrected chi connectivity index (χ1v) is 9.01. The van der Waals surface area contributed by atoms with Gasteiger partial charge in [0.05, 0.1) is 31.5 Å². The zero-order chi connectivity index (χ0) is 17.1. The van der Waals surface area contributed by atoms with Gasteiger partial charge in [-0.25, -0.2) is 0 Å². The molecule has 4 rings (SSSR count). The van der Waals surface area contributed by atoms with Crippen LogP contribution in [0, 0.1) is 0 Å². The summed E-state index contributed by atoms with van der Waals surface area (Å²) in [6.07, 6.45) is 1.86. The smallest absolute Gasteiger partial charge is 0.236 e. The molecule has 7 nitrogen and oxygen atoms in total. The lowest BCUT2D eigenvalue weighted by Gasteiger charge is -2.36.